The number of rotatable bonds is 7. The Hall–Kier alpha value is -2.93. The second-order valence-electron chi connectivity index (χ2n) is 10.4. The number of carbonyl (C=O) groups is 1. The van der Waals surface area contributed by atoms with Crippen molar-refractivity contribution in [2.45, 2.75) is 58.0 Å². The van der Waals surface area contributed by atoms with Gasteiger partial charge in [-0.05, 0) is 79.7 Å². The maximum Gasteiger partial charge on any atom is 0.226 e. The highest BCUT2D eigenvalue weighted by molar-refractivity contribution is 5.81. The van der Waals surface area contributed by atoms with Gasteiger partial charge in [-0.25, -0.2) is 9.97 Å². The molecular formula is C29H38N4O3. The van der Waals surface area contributed by atoms with Crippen LogP contribution in [0.5, 0.6) is 5.75 Å². The molecule has 1 aromatic heterocycles. The van der Waals surface area contributed by atoms with Crippen LogP contribution in [0.4, 0.5) is 5.95 Å². The molecule has 2 aromatic rings. The lowest BCUT2D eigenvalue weighted by Gasteiger charge is -2.31. The smallest absolute Gasteiger partial charge is 0.226 e. The molecule has 0 spiro atoms. The summed E-state index contributed by atoms with van der Waals surface area (Å²) in [4.78, 5) is 25.9. The fraction of sp³-hybridized carbons (Fsp3) is 0.552. The number of nitrogens with zero attached hydrogens (tertiary/aromatic N) is 4. The number of aliphatic hydroxyl groups excluding tert-OH is 1. The second kappa shape index (κ2) is 11.4. The summed E-state index contributed by atoms with van der Waals surface area (Å²) < 4.78 is 6.13. The normalized spacial score (nSPS) is 23.0. The minimum Gasteiger partial charge on any atom is -0.493 e. The summed E-state index contributed by atoms with van der Waals surface area (Å²) in [6.07, 6.45) is 12.1. The molecule has 5 rings (SSSR count). The van der Waals surface area contributed by atoms with Crippen molar-refractivity contribution in [2.24, 2.45) is 11.8 Å². The molecular weight excluding hydrogens is 452 g/mol. The van der Waals surface area contributed by atoms with Gasteiger partial charge in [-0.2, -0.15) is 0 Å². The standard InChI is InChI=1S/C29H38N4O3/c1-2-21-17-30-29(31-18-21)32-14-11-22(12-15-32)20-36-27-9-7-24(8-10-27)23-3-5-25(6-4-23)28(35)33-16-13-26(34)19-33/h3,7-10,17-18,22,25-26,34H,2,4-6,11-16,19-20H2,1H3. The predicted molar refractivity (Wildman–Crippen MR) is 141 cm³/mol. The van der Waals surface area contributed by atoms with Gasteiger partial charge in [-0.1, -0.05) is 25.1 Å². The number of β-amino-alcohol motifs (C(OH)–C–C–N with tert-alkyl or cyclic N) is 1. The second-order valence-corrected chi connectivity index (χ2v) is 10.4. The first-order chi connectivity index (χ1) is 17.6. The number of ether oxygens (including phenoxy) is 1. The summed E-state index contributed by atoms with van der Waals surface area (Å²) in [5.41, 5.74) is 3.70. The molecule has 3 heterocycles. The first-order valence-corrected chi connectivity index (χ1v) is 13.5. The summed E-state index contributed by atoms with van der Waals surface area (Å²) in [7, 11) is 0. The number of likely N-dealkylation sites (tertiary alicyclic amines) is 1. The van der Waals surface area contributed by atoms with Gasteiger partial charge in [0, 0.05) is 44.5 Å². The Morgan fingerprint density at radius 1 is 1.06 bits per heavy atom. The predicted octanol–water partition coefficient (Wildman–Crippen LogP) is 4.11. The van der Waals surface area contributed by atoms with E-state index < -0.39 is 0 Å². The Morgan fingerprint density at radius 3 is 2.42 bits per heavy atom. The number of aryl methyl sites for hydroxylation is 1. The minimum atomic E-state index is -0.352. The summed E-state index contributed by atoms with van der Waals surface area (Å²) in [5.74, 6) is 2.55. The highest BCUT2D eigenvalue weighted by atomic mass is 16.5. The Balaban J connectivity index is 1.06. The van der Waals surface area contributed by atoms with Gasteiger partial charge in [0.15, 0.2) is 0 Å². The molecule has 2 unspecified atom stereocenters. The van der Waals surface area contributed by atoms with Crippen LogP contribution in [-0.2, 0) is 11.2 Å². The van der Waals surface area contributed by atoms with E-state index in [9.17, 15) is 9.90 Å². The van der Waals surface area contributed by atoms with Crippen LogP contribution in [0.3, 0.4) is 0 Å². The molecule has 2 aliphatic heterocycles. The van der Waals surface area contributed by atoms with Gasteiger partial charge in [-0.3, -0.25) is 4.79 Å². The lowest BCUT2D eigenvalue weighted by atomic mass is 9.86. The number of allylic oxidation sites excluding steroid dienone is 2. The molecule has 192 valence electrons. The molecule has 1 aliphatic carbocycles. The first kappa shape index (κ1) is 24.8. The zero-order chi connectivity index (χ0) is 24.9. The van der Waals surface area contributed by atoms with Crippen LogP contribution >= 0.6 is 0 Å². The van der Waals surface area contributed by atoms with Crippen LogP contribution in [0.2, 0.25) is 0 Å². The van der Waals surface area contributed by atoms with Crippen LogP contribution < -0.4 is 9.64 Å². The highest BCUT2D eigenvalue weighted by Gasteiger charge is 2.31. The van der Waals surface area contributed by atoms with E-state index in [0.29, 0.717) is 25.4 Å². The van der Waals surface area contributed by atoms with Crippen LogP contribution in [0.15, 0.2) is 42.7 Å². The van der Waals surface area contributed by atoms with Crippen molar-refractivity contribution in [3.63, 3.8) is 0 Å². The largest absolute Gasteiger partial charge is 0.493 e. The number of aromatic nitrogens is 2. The third-order valence-electron chi connectivity index (χ3n) is 7.94. The number of piperidine rings is 1. The van der Waals surface area contributed by atoms with E-state index in [4.69, 9.17) is 4.74 Å². The molecule has 3 aliphatic rings. The fourth-order valence-electron chi connectivity index (χ4n) is 5.49. The molecule has 36 heavy (non-hydrogen) atoms. The number of benzene rings is 1. The molecule has 7 heteroatoms. The van der Waals surface area contributed by atoms with E-state index >= 15 is 0 Å². The number of carbonyl (C=O) groups excluding carboxylic acids is 1. The van der Waals surface area contributed by atoms with Crippen molar-refractivity contribution >= 4 is 17.4 Å². The number of hydrogen-bond acceptors (Lipinski definition) is 6. The molecule has 0 bridgehead atoms. The van der Waals surface area contributed by atoms with E-state index in [1.165, 1.54) is 16.7 Å². The average molecular weight is 491 g/mol. The average Bonchev–Trinajstić information content (AvgIpc) is 3.38. The van der Waals surface area contributed by atoms with E-state index in [0.717, 1.165) is 69.9 Å². The summed E-state index contributed by atoms with van der Waals surface area (Å²) in [5, 5.41) is 9.72. The fourth-order valence-corrected chi connectivity index (χ4v) is 5.49. The van der Waals surface area contributed by atoms with Crippen LogP contribution in [0, 0.1) is 11.8 Å². The van der Waals surface area contributed by atoms with E-state index in [1.54, 1.807) is 0 Å². The molecule has 1 N–H and O–H groups in total. The topological polar surface area (TPSA) is 78.8 Å². The van der Waals surface area contributed by atoms with Gasteiger partial charge in [-0.15, -0.1) is 0 Å². The summed E-state index contributed by atoms with van der Waals surface area (Å²) >= 11 is 0. The molecule has 1 amide bonds. The lowest BCUT2D eigenvalue weighted by molar-refractivity contribution is -0.135. The monoisotopic (exact) mass is 490 g/mol. The van der Waals surface area contributed by atoms with Gasteiger partial charge in [0.1, 0.15) is 5.75 Å². The number of amides is 1. The van der Waals surface area contributed by atoms with Gasteiger partial charge in [0.25, 0.3) is 0 Å². The number of anilines is 1. The zero-order valence-electron chi connectivity index (χ0n) is 21.3. The van der Waals surface area contributed by atoms with Crippen LogP contribution in [-0.4, -0.2) is 64.8 Å². The Morgan fingerprint density at radius 2 is 1.81 bits per heavy atom. The molecule has 0 saturated carbocycles. The number of hydrogen-bond donors (Lipinski definition) is 1. The Bertz CT molecular complexity index is 1050. The third-order valence-corrected chi connectivity index (χ3v) is 7.94. The Labute approximate surface area is 214 Å². The highest BCUT2D eigenvalue weighted by Crippen LogP contribution is 2.33. The van der Waals surface area contributed by atoms with Crippen molar-refractivity contribution < 1.29 is 14.6 Å². The van der Waals surface area contributed by atoms with E-state index in [1.807, 2.05) is 17.3 Å². The van der Waals surface area contributed by atoms with E-state index in [2.05, 4.69) is 52.1 Å². The minimum absolute atomic E-state index is 0.0512. The zero-order valence-corrected chi connectivity index (χ0v) is 21.3. The molecule has 7 nitrogen and oxygen atoms in total. The quantitative estimate of drug-likeness (QED) is 0.629. The van der Waals surface area contributed by atoms with Crippen molar-refractivity contribution in [1.29, 1.82) is 0 Å². The molecule has 2 atom stereocenters. The maximum absolute atomic E-state index is 12.7. The van der Waals surface area contributed by atoms with Gasteiger partial charge < -0.3 is 19.6 Å². The van der Waals surface area contributed by atoms with Crippen molar-refractivity contribution in [2.75, 3.05) is 37.7 Å². The first-order valence-electron chi connectivity index (χ1n) is 13.5. The molecule has 2 fully saturated rings. The van der Waals surface area contributed by atoms with Crippen molar-refractivity contribution in [1.82, 2.24) is 14.9 Å². The summed E-state index contributed by atoms with van der Waals surface area (Å²) in [6, 6.07) is 8.41. The lowest BCUT2D eigenvalue weighted by Crippen LogP contribution is -2.36. The van der Waals surface area contributed by atoms with Gasteiger partial charge in [0.2, 0.25) is 11.9 Å². The van der Waals surface area contributed by atoms with E-state index in [-0.39, 0.29) is 17.9 Å². The number of aliphatic hydroxyl groups is 1. The third kappa shape index (κ3) is 5.89. The van der Waals surface area contributed by atoms with Crippen molar-refractivity contribution in [3.05, 3.63) is 53.9 Å². The van der Waals surface area contributed by atoms with Crippen molar-refractivity contribution in [3.8, 4) is 5.75 Å². The van der Waals surface area contributed by atoms with Crippen LogP contribution in [0.1, 0.15) is 56.6 Å². The Kier molecular flexibility index (Phi) is 7.85. The molecule has 1 aromatic carbocycles. The van der Waals surface area contributed by atoms with Gasteiger partial charge >= 0.3 is 0 Å². The maximum atomic E-state index is 12.7. The van der Waals surface area contributed by atoms with Crippen LogP contribution in [0.25, 0.3) is 5.57 Å². The van der Waals surface area contributed by atoms with Gasteiger partial charge in [0.05, 0.1) is 12.7 Å². The SMILES string of the molecule is CCc1cnc(N2CCC(COc3ccc(C4=CCC(C(=O)N5CCC(O)C5)CC4)cc3)CC2)nc1. The molecule has 0 radical (unpaired) electrons. The molecule has 2 saturated heterocycles. The summed E-state index contributed by atoms with van der Waals surface area (Å²) in [6.45, 7) is 5.97.